The summed E-state index contributed by atoms with van der Waals surface area (Å²) < 4.78 is 18.5. The number of hydrogen-bond acceptors (Lipinski definition) is 3. The van der Waals surface area contributed by atoms with Gasteiger partial charge in [0.25, 0.3) is 0 Å². The summed E-state index contributed by atoms with van der Waals surface area (Å²) in [6.07, 6.45) is 3.80. The Balaban J connectivity index is 1.99. The molecule has 4 heteroatoms. The predicted octanol–water partition coefficient (Wildman–Crippen LogP) is 3.19. The van der Waals surface area contributed by atoms with Gasteiger partial charge >= 0.3 is 0 Å². The van der Waals surface area contributed by atoms with Gasteiger partial charge in [-0.05, 0) is 43.5 Å². The molecule has 1 aliphatic rings. The molecule has 110 valence electrons. The van der Waals surface area contributed by atoms with Gasteiger partial charge in [-0.3, -0.25) is 4.79 Å². The number of piperidine rings is 1. The first-order valence-electron chi connectivity index (χ1n) is 7.24. The fourth-order valence-corrected chi connectivity index (χ4v) is 2.80. The number of methoxy groups -OCH3 is 1. The Hall–Kier alpha value is -1.42. The quantitative estimate of drug-likeness (QED) is 0.841. The minimum Gasteiger partial charge on any atom is -0.494 e. The lowest BCUT2D eigenvalue weighted by molar-refractivity contribution is 0.0956. The third-order valence-electron chi connectivity index (χ3n) is 4.09. The fraction of sp³-hybridized carbons (Fsp3) is 0.562. The summed E-state index contributed by atoms with van der Waals surface area (Å²) in [5, 5.41) is 3.38. The van der Waals surface area contributed by atoms with Crippen molar-refractivity contribution in [2.75, 3.05) is 13.7 Å². The van der Waals surface area contributed by atoms with E-state index in [0.29, 0.717) is 17.9 Å². The predicted molar refractivity (Wildman–Crippen MR) is 76.7 cm³/mol. The molecule has 3 nitrogen and oxygen atoms in total. The normalized spacial score (nSPS) is 22.6. The van der Waals surface area contributed by atoms with Crippen LogP contribution in [0.15, 0.2) is 18.2 Å². The van der Waals surface area contributed by atoms with Gasteiger partial charge in [-0.1, -0.05) is 13.3 Å². The summed E-state index contributed by atoms with van der Waals surface area (Å²) in [6.45, 7) is 3.15. The average molecular weight is 279 g/mol. The number of carbonyl (C=O) groups excluding carboxylic acids is 1. The number of carbonyl (C=O) groups is 1. The largest absolute Gasteiger partial charge is 0.494 e. The Morgan fingerprint density at radius 3 is 2.95 bits per heavy atom. The van der Waals surface area contributed by atoms with Gasteiger partial charge < -0.3 is 10.1 Å². The molecule has 1 aromatic carbocycles. The van der Waals surface area contributed by atoms with Crippen LogP contribution in [0.2, 0.25) is 0 Å². The Kier molecular flexibility index (Phi) is 5.12. The van der Waals surface area contributed by atoms with Crippen molar-refractivity contribution in [3.63, 3.8) is 0 Å². The maximum atomic E-state index is 13.6. The highest BCUT2D eigenvalue weighted by Crippen LogP contribution is 2.23. The zero-order chi connectivity index (χ0) is 14.5. The van der Waals surface area contributed by atoms with Crippen LogP contribution in [-0.2, 0) is 0 Å². The summed E-state index contributed by atoms with van der Waals surface area (Å²) in [6, 6.07) is 4.61. The molecule has 2 rings (SSSR count). The monoisotopic (exact) mass is 279 g/mol. The number of halogens is 1. The number of rotatable bonds is 5. The molecule has 0 spiro atoms. The topological polar surface area (TPSA) is 38.3 Å². The van der Waals surface area contributed by atoms with Crippen LogP contribution < -0.4 is 10.1 Å². The van der Waals surface area contributed by atoms with Crippen LogP contribution in [0.4, 0.5) is 4.39 Å². The van der Waals surface area contributed by atoms with E-state index >= 15 is 0 Å². The highest BCUT2D eigenvalue weighted by Gasteiger charge is 2.23. The van der Waals surface area contributed by atoms with Crippen LogP contribution in [0, 0.1) is 11.7 Å². The molecule has 1 aliphatic heterocycles. The van der Waals surface area contributed by atoms with Crippen molar-refractivity contribution in [2.24, 2.45) is 5.92 Å². The van der Waals surface area contributed by atoms with Crippen LogP contribution in [-0.4, -0.2) is 25.5 Å². The highest BCUT2D eigenvalue weighted by atomic mass is 19.1. The molecule has 1 aromatic rings. The molecule has 0 bridgehead atoms. The van der Waals surface area contributed by atoms with E-state index in [2.05, 4.69) is 12.2 Å². The smallest absolute Gasteiger partial charge is 0.165 e. The highest BCUT2D eigenvalue weighted by molar-refractivity contribution is 5.96. The van der Waals surface area contributed by atoms with Crippen molar-refractivity contribution in [3.05, 3.63) is 29.6 Å². The maximum absolute atomic E-state index is 13.6. The van der Waals surface area contributed by atoms with E-state index in [1.54, 1.807) is 6.07 Å². The number of ether oxygens (including phenoxy) is 1. The van der Waals surface area contributed by atoms with E-state index in [0.717, 1.165) is 19.4 Å². The lowest BCUT2D eigenvalue weighted by Gasteiger charge is -2.29. The lowest BCUT2D eigenvalue weighted by atomic mass is 9.87. The first kappa shape index (κ1) is 15.0. The van der Waals surface area contributed by atoms with Crippen LogP contribution in [0.3, 0.4) is 0 Å². The van der Waals surface area contributed by atoms with E-state index < -0.39 is 5.82 Å². The van der Waals surface area contributed by atoms with Crippen molar-refractivity contribution in [1.29, 1.82) is 0 Å². The third-order valence-corrected chi connectivity index (χ3v) is 4.09. The zero-order valence-electron chi connectivity index (χ0n) is 12.1. The van der Waals surface area contributed by atoms with Gasteiger partial charge in [0.1, 0.15) is 0 Å². The molecule has 1 fully saturated rings. The first-order valence-corrected chi connectivity index (χ1v) is 7.24. The third kappa shape index (κ3) is 3.57. The zero-order valence-corrected chi connectivity index (χ0v) is 12.1. The van der Waals surface area contributed by atoms with Crippen LogP contribution in [0.25, 0.3) is 0 Å². The Morgan fingerprint density at radius 1 is 1.50 bits per heavy atom. The van der Waals surface area contributed by atoms with Gasteiger partial charge in [-0.15, -0.1) is 0 Å². The molecular formula is C16H22FNO2. The Morgan fingerprint density at radius 2 is 2.30 bits per heavy atom. The molecule has 1 saturated heterocycles. The van der Waals surface area contributed by atoms with Gasteiger partial charge in [0.2, 0.25) is 0 Å². The number of ketones is 1. The van der Waals surface area contributed by atoms with Crippen molar-refractivity contribution in [2.45, 2.75) is 38.6 Å². The van der Waals surface area contributed by atoms with Crippen LogP contribution >= 0.6 is 0 Å². The summed E-state index contributed by atoms with van der Waals surface area (Å²) in [4.78, 5) is 12.2. The number of Topliss-reactive ketones (excluding diaryl/α,β-unsaturated/α-hetero) is 1. The van der Waals surface area contributed by atoms with Gasteiger partial charge in [-0.25, -0.2) is 4.39 Å². The van der Waals surface area contributed by atoms with Gasteiger partial charge in [-0.2, -0.15) is 0 Å². The molecule has 1 heterocycles. The molecule has 2 atom stereocenters. The number of nitrogens with one attached hydrogen (secondary N) is 1. The SMILES string of the molecule is CCC1CCNC(CC(=O)c2ccc(OC)c(F)c2)C1. The lowest BCUT2D eigenvalue weighted by Crippen LogP contribution is -2.39. The van der Waals surface area contributed by atoms with Crippen molar-refractivity contribution < 1.29 is 13.9 Å². The average Bonchev–Trinajstić information content (AvgIpc) is 2.47. The molecule has 0 aromatic heterocycles. The minimum atomic E-state index is -0.485. The van der Waals surface area contributed by atoms with Crippen LogP contribution in [0.1, 0.15) is 43.0 Å². The van der Waals surface area contributed by atoms with Gasteiger partial charge in [0.15, 0.2) is 17.3 Å². The second-order valence-corrected chi connectivity index (χ2v) is 5.43. The summed E-state index contributed by atoms with van der Waals surface area (Å²) in [5.41, 5.74) is 0.420. The molecule has 0 amide bonds. The van der Waals surface area contributed by atoms with E-state index in [-0.39, 0.29) is 17.6 Å². The van der Waals surface area contributed by atoms with Crippen molar-refractivity contribution in [3.8, 4) is 5.75 Å². The Labute approximate surface area is 119 Å². The van der Waals surface area contributed by atoms with E-state index in [1.807, 2.05) is 0 Å². The summed E-state index contributed by atoms with van der Waals surface area (Å²) in [5.74, 6) is 0.368. The van der Waals surface area contributed by atoms with Crippen molar-refractivity contribution in [1.82, 2.24) is 5.32 Å². The standard InChI is InChI=1S/C16H22FNO2/c1-3-11-6-7-18-13(8-11)10-15(19)12-4-5-16(20-2)14(17)9-12/h4-5,9,11,13,18H,3,6-8,10H2,1-2H3. The van der Waals surface area contributed by atoms with Crippen molar-refractivity contribution >= 4 is 5.78 Å². The van der Waals surface area contributed by atoms with Gasteiger partial charge in [0, 0.05) is 18.0 Å². The molecule has 0 radical (unpaired) electrons. The molecular weight excluding hydrogens is 257 g/mol. The minimum absolute atomic E-state index is 0.0131. The second-order valence-electron chi connectivity index (χ2n) is 5.43. The summed E-state index contributed by atoms with van der Waals surface area (Å²) in [7, 11) is 1.41. The second kappa shape index (κ2) is 6.84. The van der Waals surface area contributed by atoms with E-state index in [1.165, 1.54) is 25.7 Å². The number of hydrogen-bond donors (Lipinski definition) is 1. The maximum Gasteiger partial charge on any atom is 0.165 e. The summed E-state index contributed by atoms with van der Waals surface area (Å²) >= 11 is 0. The van der Waals surface area contributed by atoms with E-state index in [4.69, 9.17) is 4.74 Å². The van der Waals surface area contributed by atoms with Crippen LogP contribution in [0.5, 0.6) is 5.75 Å². The number of benzene rings is 1. The molecule has 20 heavy (non-hydrogen) atoms. The van der Waals surface area contributed by atoms with Gasteiger partial charge in [0.05, 0.1) is 7.11 Å². The molecule has 0 saturated carbocycles. The first-order chi connectivity index (χ1) is 9.63. The molecule has 1 N–H and O–H groups in total. The fourth-order valence-electron chi connectivity index (χ4n) is 2.80. The van der Waals surface area contributed by atoms with E-state index in [9.17, 15) is 9.18 Å². The molecule has 2 unspecified atom stereocenters. The Bertz CT molecular complexity index is 476. The molecule has 0 aliphatic carbocycles.